The van der Waals surface area contributed by atoms with Gasteiger partial charge in [-0.25, -0.2) is 4.98 Å². The fraction of sp³-hybridized carbons (Fsp3) is 0.667. The van der Waals surface area contributed by atoms with E-state index in [2.05, 4.69) is 37.0 Å². The Morgan fingerprint density at radius 3 is 2.69 bits per heavy atom. The largest absolute Gasteiger partial charge is 0.309 e. The van der Waals surface area contributed by atoms with Crippen LogP contribution in [0.5, 0.6) is 0 Å². The molecule has 0 aliphatic carbocycles. The highest BCUT2D eigenvalue weighted by Crippen LogP contribution is 2.21. The van der Waals surface area contributed by atoms with Gasteiger partial charge in [-0.3, -0.25) is 0 Å². The number of nitrogens with zero attached hydrogens (tertiary/aromatic N) is 3. The Morgan fingerprint density at radius 2 is 2.12 bits per heavy atom. The van der Waals surface area contributed by atoms with Gasteiger partial charge in [-0.1, -0.05) is 13.3 Å². The molecular formula is C12H19N3S. The smallest absolute Gasteiger partial charge is 0.0944 e. The highest BCUT2D eigenvalue weighted by molar-refractivity contribution is 7.11. The average molecular weight is 237 g/mol. The Labute approximate surface area is 102 Å². The van der Waals surface area contributed by atoms with Gasteiger partial charge in [-0.15, -0.1) is 11.3 Å². The van der Waals surface area contributed by atoms with Gasteiger partial charge in [0.05, 0.1) is 23.2 Å². The molecule has 0 aromatic carbocycles. The number of aryl methyl sites for hydroxylation is 1. The van der Waals surface area contributed by atoms with E-state index in [1.54, 1.807) is 11.3 Å². The van der Waals surface area contributed by atoms with E-state index in [0.717, 1.165) is 36.4 Å². The first-order valence-corrected chi connectivity index (χ1v) is 6.48. The lowest BCUT2D eigenvalue weighted by molar-refractivity contribution is 0.413. The molecule has 0 spiro atoms. The van der Waals surface area contributed by atoms with Gasteiger partial charge in [-0.05, 0) is 20.5 Å². The van der Waals surface area contributed by atoms with Crippen molar-refractivity contribution in [2.45, 2.75) is 32.6 Å². The summed E-state index contributed by atoms with van der Waals surface area (Å²) in [6.45, 7) is 3.17. The maximum Gasteiger partial charge on any atom is 0.0944 e. The number of rotatable bonds is 6. The first-order valence-electron chi connectivity index (χ1n) is 5.66. The van der Waals surface area contributed by atoms with Gasteiger partial charge >= 0.3 is 0 Å². The summed E-state index contributed by atoms with van der Waals surface area (Å²) in [6, 6.07) is 2.22. The highest BCUT2D eigenvalue weighted by Gasteiger charge is 2.10. The monoisotopic (exact) mass is 237 g/mol. The first kappa shape index (κ1) is 13.1. The van der Waals surface area contributed by atoms with Crippen LogP contribution in [0.2, 0.25) is 0 Å². The molecule has 0 saturated carbocycles. The second kappa shape index (κ2) is 6.62. The van der Waals surface area contributed by atoms with Crippen molar-refractivity contribution in [1.82, 2.24) is 9.88 Å². The van der Waals surface area contributed by atoms with Gasteiger partial charge < -0.3 is 4.90 Å². The lowest BCUT2D eigenvalue weighted by Gasteiger charge is -2.06. The standard InChI is InChI=1S/C12H19N3S/c1-4-5-10-11(6-8-13)16-12(14-10)7-9-15(2)3/h4-7,9H2,1-3H3. The molecule has 0 amide bonds. The molecule has 3 nitrogen and oxygen atoms in total. The molecule has 16 heavy (non-hydrogen) atoms. The fourth-order valence-corrected chi connectivity index (χ4v) is 2.54. The molecule has 1 rings (SSSR count). The van der Waals surface area contributed by atoms with E-state index in [0.29, 0.717) is 6.42 Å². The number of hydrogen-bond donors (Lipinski definition) is 0. The van der Waals surface area contributed by atoms with Crippen molar-refractivity contribution < 1.29 is 0 Å². The Bertz CT molecular complexity index is 363. The summed E-state index contributed by atoms with van der Waals surface area (Å²) in [4.78, 5) is 7.95. The number of hydrogen-bond acceptors (Lipinski definition) is 4. The Balaban J connectivity index is 2.72. The van der Waals surface area contributed by atoms with Gasteiger partial charge in [-0.2, -0.15) is 5.26 Å². The van der Waals surface area contributed by atoms with Crippen LogP contribution in [0, 0.1) is 11.3 Å². The lowest BCUT2D eigenvalue weighted by Crippen LogP contribution is -2.14. The van der Waals surface area contributed by atoms with Crippen molar-refractivity contribution in [3.8, 4) is 6.07 Å². The number of aromatic nitrogens is 1. The van der Waals surface area contributed by atoms with E-state index in [4.69, 9.17) is 5.26 Å². The molecule has 88 valence electrons. The van der Waals surface area contributed by atoms with Gasteiger partial charge in [0.15, 0.2) is 0 Å². The lowest BCUT2D eigenvalue weighted by atomic mass is 10.2. The molecule has 4 heteroatoms. The first-order chi connectivity index (χ1) is 7.67. The van der Waals surface area contributed by atoms with Crippen molar-refractivity contribution in [3.63, 3.8) is 0 Å². The number of nitriles is 1. The van der Waals surface area contributed by atoms with Crippen LogP contribution in [-0.2, 0) is 19.3 Å². The van der Waals surface area contributed by atoms with Crippen LogP contribution in [-0.4, -0.2) is 30.5 Å². The minimum absolute atomic E-state index is 0.509. The minimum atomic E-state index is 0.509. The van der Waals surface area contributed by atoms with E-state index in [1.807, 2.05) is 0 Å². The fourth-order valence-electron chi connectivity index (χ4n) is 1.51. The molecule has 0 unspecified atom stereocenters. The molecule has 0 aliphatic heterocycles. The molecule has 0 saturated heterocycles. The predicted octanol–water partition coefficient (Wildman–Crippen LogP) is 2.27. The van der Waals surface area contributed by atoms with Crippen molar-refractivity contribution in [2.75, 3.05) is 20.6 Å². The summed E-state index contributed by atoms with van der Waals surface area (Å²) in [5, 5.41) is 9.93. The summed E-state index contributed by atoms with van der Waals surface area (Å²) >= 11 is 1.71. The van der Waals surface area contributed by atoms with Gasteiger partial charge in [0, 0.05) is 17.8 Å². The third-order valence-corrected chi connectivity index (χ3v) is 3.48. The molecule has 0 radical (unpaired) electrons. The zero-order valence-electron chi connectivity index (χ0n) is 10.3. The molecule has 0 bridgehead atoms. The predicted molar refractivity (Wildman–Crippen MR) is 67.7 cm³/mol. The van der Waals surface area contributed by atoms with Crippen LogP contribution in [0.1, 0.15) is 28.9 Å². The number of thiazole rings is 1. The van der Waals surface area contributed by atoms with Gasteiger partial charge in [0.2, 0.25) is 0 Å². The van der Waals surface area contributed by atoms with Crippen LogP contribution in [0.3, 0.4) is 0 Å². The van der Waals surface area contributed by atoms with Crippen molar-refractivity contribution >= 4 is 11.3 Å². The van der Waals surface area contributed by atoms with E-state index < -0.39 is 0 Å². The second-order valence-electron chi connectivity index (χ2n) is 4.12. The van der Waals surface area contributed by atoms with Crippen LogP contribution < -0.4 is 0 Å². The summed E-state index contributed by atoms with van der Waals surface area (Å²) < 4.78 is 0. The van der Waals surface area contributed by atoms with Gasteiger partial charge in [0.1, 0.15) is 0 Å². The van der Waals surface area contributed by atoms with Crippen LogP contribution in [0.4, 0.5) is 0 Å². The normalized spacial score (nSPS) is 10.7. The molecule has 0 aliphatic rings. The Kier molecular flexibility index (Phi) is 5.44. The topological polar surface area (TPSA) is 39.9 Å². The van der Waals surface area contributed by atoms with Crippen LogP contribution >= 0.6 is 11.3 Å². The third kappa shape index (κ3) is 3.92. The summed E-state index contributed by atoms with van der Waals surface area (Å²) in [6.07, 6.45) is 3.58. The van der Waals surface area contributed by atoms with E-state index >= 15 is 0 Å². The van der Waals surface area contributed by atoms with Crippen molar-refractivity contribution in [1.29, 1.82) is 5.26 Å². The molecule has 0 fully saturated rings. The highest BCUT2D eigenvalue weighted by atomic mass is 32.1. The third-order valence-electron chi connectivity index (χ3n) is 2.32. The van der Waals surface area contributed by atoms with Crippen molar-refractivity contribution in [2.24, 2.45) is 0 Å². The van der Waals surface area contributed by atoms with Crippen LogP contribution in [0.25, 0.3) is 0 Å². The second-order valence-corrected chi connectivity index (χ2v) is 5.28. The summed E-state index contributed by atoms with van der Waals surface area (Å²) in [5.41, 5.74) is 1.14. The molecular weight excluding hydrogens is 218 g/mol. The Hall–Kier alpha value is -0.920. The molecule has 0 atom stereocenters. The van der Waals surface area contributed by atoms with E-state index in [1.165, 1.54) is 5.01 Å². The molecule has 1 aromatic heterocycles. The minimum Gasteiger partial charge on any atom is -0.309 e. The summed E-state index contributed by atoms with van der Waals surface area (Å²) in [5.74, 6) is 0. The SMILES string of the molecule is CCCc1nc(CCN(C)C)sc1CC#N. The number of likely N-dealkylation sites (N-methyl/N-ethyl adjacent to an activating group) is 1. The molecule has 1 heterocycles. The molecule has 0 N–H and O–H groups in total. The average Bonchev–Trinajstić information content (AvgIpc) is 2.59. The zero-order valence-corrected chi connectivity index (χ0v) is 11.1. The molecule has 1 aromatic rings. The Morgan fingerprint density at radius 1 is 1.38 bits per heavy atom. The van der Waals surface area contributed by atoms with Crippen molar-refractivity contribution in [3.05, 3.63) is 15.6 Å². The van der Waals surface area contributed by atoms with Crippen LogP contribution in [0.15, 0.2) is 0 Å². The quantitative estimate of drug-likeness (QED) is 0.762. The maximum atomic E-state index is 8.76. The van der Waals surface area contributed by atoms with E-state index in [9.17, 15) is 0 Å². The summed E-state index contributed by atoms with van der Waals surface area (Å²) in [7, 11) is 4.13. The zero-order chi connectivity index (χ0) is 12.0. The van der Waals surface area contributed by atoms with Gasteiger partial charge in [0.25, 0.3) is 0 Å². The van der Waals surface area contributed by atoms with E-state index in [-0.39, 0.29) is 0 Å². The maximum absolute atomic E-state index is 8.76.